The molecule has 3 aromatic carbocycles. The molecule has 0 fully saturated rings. The van der Waals surface area contributed by atoms with Gasteiger partial charge in [0.1, 0.15) is 11.5 Å². The van der Waals surface area contributed by atoms with E-state index in [1.165, 1.54) is 12.1 Å². The molecule has 7 nitrogen and oxygen atoms in total. The molecule has 3 rings (SSSR count). The summed E-state index contributed by atoms with van der Waals surface area (Å²) in [4.78, 5) is 12.7. The number of sulfonamides is 1. The average Bonchev–Trinajstić information content (AvgIpc) is 2.78. The zero-order valence-electron chi connectivity index (χ0n) is 20.0. The Kier molecular flexibility index (Phi) is 7.83. The molecule has 0 aromatic heterocycles. The van der Waals surface area contributed by atoms with Gasteiger partial charge in [0.05, 0.1) is 11.5 Å². The summed E-state index contributed by atoms with van der Waals surface area (Å²) in [7, 11) is -3.78. The van der Waals surface area contributed by atoms with Crippen molar-refractivity contribution in [3.05, 3.63) is 77.4 Å². The van der Waals surface area contributed by atoms with Crippen LogP contribution in [0.1, 0.15) is 30.5 Å². The normalized spacial score (nSPS) is 12.0. The first-order chi connectivity index (χ1) is 16.1. The number of carbonyl (C=O) groups is 1. The first-order valence-corrected chi connectivity index (χ1v) is 12.5. The Balaban J connectivity index is 1.63. The first kappa shape index (κ1) is 25.1. The molecule has 0 aliphatic rings. The van der Waals surface area contributed by atoms with Crippen LogP contribution in [0.25, 0.3) is 0 Å². The predicted molar refractivity (Wildman–Crippen MR) is 134 cm³/mol. The van der Waals surface area contributed by atoms with Crippen molar-refractivity contribution in [3.8, 4) is 11.5 Å². The largest absolute Gasteiger partial charge is 0.494 e. The lowest BCUT2D eigenvalue weighted by Crippen LogP contribution is -2.30. The number of anilines is 2. The van der Waals surface area contributed by atoms with E-state index < -0.39 is 16.1 Å². The molecule has 0 saturated heterocycles. The molecule has 1 amide bonds. The Labute approximate surface area is 201 Å². The fourth-order valence-corrected chi connectivity index (χ4v) is 4.39. The van der Waals surface area contributed by atoms with E-state index in [1.54, 1.807) is 43.3 Å². The van der Waals surface area contributed by atoms with Gasteiger partial charge in [-0.2, -0.15) is 0 Å². The Morgan fingerprint density at radius 3 is 2.18 bits per heavy atom. The summed E-state index contributed by atoms with van der Waals surface area (Å²) >= 11 is 0. The van der Waals surface area contributed by atoms with Crippen LogP contribution in [0.2, 0.25) is 0 Å². The Hall–Kier alpha value is -3.52. The molecular weight excluding hydrogens is 452 g/mol. The second-order valence-electron chi connectivity index (χ2n) is 8.04. The van der Waals surface area contributed by atoms with Gasteiger partial charge in [-0.3, -0.25) is 9.52 Å². The standard InChI is InChI=1S/C26H30N2O5S/c1-6-32-23-11-7-22(8-12-23)28-34(30,31)24-13-9-21(10-14-24)27-26(29)20(5)33-25-16-17(2)15-18(3)19(25)4/h7-16,20,28H,6H2,1-5H3,(H,27,29). The molecule has 1 atom stereocenters. The Morgan fingerprint density at radius 2 is 1.56 bits per heavy atom. The Bertz CT molecular complexity index is 1250. The molecule has 0 heterocycles. The van der Waals surface area contributed by atoms with Gasteiger partial charge in [-0.25, -0.2) is 8.42 Å². The van der Waals surface area contributed by atoms with E-state index >= 15 is 0 Å². The van der Waals surface area contributed by atoms with Gasteiger partial charge in [0.2, 0.25) is 0 Å². The van der Waals surface area contributed by atoms with Crippen LogP contribution in [0.5, 0.6) is 11.5 Å². The van der Waals surface area contributed by atoms with Crippen molar-refractivity contribution < 1.29 is 22.7 Å². The Morgan fingerprint density at radius 1 is 0.941 bits per heavy atom. The van der Waals surface area contributed by atoms with Gasteiger partial charge in [0.25, 0.3) is 15.9 Å². The van der Waals surface area contributed by atoms with Crippen LogP contribution in [-0.4, -0.2) is 27.0 Å². The van der Waals surface area contributed by atoms with E-state index in [0.29, 0.717) is 29.5 Å². The van der Waals surface area contributed by atoms with Crippen LogP contribution in [0.15, 0.2) is 65.6 Å². The number of rotatable bonds is 9. The van der Waals surface area contributed by atoms with E-state index in [-0.39, 0.29) is 10.8 Å². The fourth-order valence-electron chi connectivity index (χ4n) is 3.33. The molecule has 180 valence electrons. The topological polar surface area (TPSA) is 93.7 Å². The molecule has 0 bridgehead atoms. The second-order valence-corrected chi connectivity index (χ2v) is 9.72. The van der Waals surface area contributed by atoms with Gasteiger partial charge in [-0.15, -0.1) is 0 Å². The molecule has 2 N–H and O–H groups in total. The second kappa shape index (κ2) is 10.6. The van der Waals surface area contributed by atoms with Crippen LogP contribution in [0.4, 0.5) is 11.4 Å². The molecule has 34 heavy (non-hydrogen) atoms. The van der Waals surface area contributed by atoms with Gasteiger partial charge < -0.3 is 14.8 Å². The van der Waals surface area contributed by atoms with Gasteiger partial charge in [0, 0.05) is 11.4 Å². The quantitative estimate of drug-likeness (QED) is 0.436. The van der Waals surface area contributed by atoms with Crippen LogP contribution < -0.4 is 19.5 Å². The maximum atomic E-state index is 12.7. The van der Waals surface area contributed by atoms with Crippen LogP contribution in [-0.2, 0) is 14.8 Å². The van der Waals surface area contributed by atoms with Crippen LogP contribution in [0.3, 0.4) is 0 Å². The minimum Gasteiger partial charge on any atom is -0.494 e. The number of carbonyl (C=O) groups excluding carboxylic acids is 1. The van der Waals surface area contributed by atoms with Gasteiger partial charge in [0.15, 0.2) is 6.10 Å². The highest BCUT2D eigenvalue weighted by molar-refractivity contribution is 7.92. The third-order valence-electron chi connectivity index (χ3n) is 5.29. The predicted octanol–water partition coefficient (Wildman–Crippen LogP) is 5.22. The van der Waals surface area contributed by atoms with Gasteiger partial charge in [-0.1, -0.05) is 6.07 Å². The number of ether oxygens (including phenoxy) is 2. The highest BCUT2D eigenvalue weighted by Gasteiger charge is 2.18. The smallest absolute Gasteiger partial charge is 0.265 e. The SMILES string of the molecule is CCOc1ccc(NS(=O)(=O)c2ccc(NC(=O)C(C)Oc3cc(C)cc(C)c3C)cc2)cc1. The number of aryl methyl sites for hydroxylation is 2. The summed E-state index contributed by atoms with van der Waals surface area (Å²) in [5.41, 5.74) is 4.03. The average molecular weight is 483 g/mol. The summed E-state index contributed by atoms with van der Waals surface area (Å²) in [5, 5.41) is 2.76. The summed E-state index contributed by atoms with van der Waals surface area (Å²) in [5.74, 6) is 1.00. The summed E-state index contributed by atoms with van der Waals surface area (Å²) in [6, 6.07) is 16.6. The number of nitrogens with one attached hydrogen (secondary N) is 2. The van der Waals surface area contributed by atoms with Crippen molar-refractivity contribution in [3.63, 3.8) is 0 Å². The van der Waals surface area contributed by atoms with E-state index in [0.717, 1.165) is 16.7 Å². The van der Waals surface area contributed by atoms with Crippen molar-refractivity contribution in [2.75, 3.05) is 16.6 Å². The van der Waals surface area contributed by atoms with Crippen molar-refractivity contribution in [2.45, 2.75) is 45.6 Å². The third-order valence-corrected chi connectivity index (χ3v) is 6.68. The molecular formula is C26H30N2O5S. The molecule has 1 unspecified atom stereocenters. The highest BCUT2D eigenvalue weighted by atomic mass is 32.2. The van der Waals surface area contributed by atoms with E-state index in [1.807, 2.05) is 33.8 Å². The zero-order chi connectivity index (χ0) is 24.9. The van der Waals surface area contributed by atoms with Crippen LogP contribution in [0, 0.1) is 20.8 Å². The number of hydrogen-bond acceptors (Lipinski definition) is 5. The van der Waals surface area contributed by atoms with Crippen LogP contribution >= 0.6 is 0 Å². The fraction of sp³-hybridized carbons (Fsp3) is 0.269. The minimum atomic E-state index is -3.78. The highest BCUT2D eigenvalue weighted by Crippen LogP contribution is 2.25. The lowest BCUT2D eigenvalue weighted by Gasteiger charge is -2.18. The van der Waals surface area contributed by atoms with E-state index in [9.17, 15) is 13.2 Å². The van der Waals surface area contributed by atoms with Gasteiger partial charge in [-0.05, 0) is 106 Å². The van der Waals surface area contributed by atoms with Gasteiger partial charge >= 0.3 is 0 Å². The first-order valence-electron chi connectivity index (χ1n) is 11.0. The van der Waals surface area contributed by atoms with Crippen molar-refractivity contribution in [1.29, 1.82) is 0 Å². The maximum absolute atomic E-state index is 12.7. The third kappa shape index (κ3) is 6.29. The molecule has 0 aliphatic heterocycles. The number of benzene rings is 3. The summed E-state index contributed by atoms with van der Waals surface area (Å²) in [6.07, 6.45) is -0.732. The lowest BCUT2D eigenvalue weighted by atomic mass is 10.1. The molecule has 0 radical (unpaired) electrons. The molecule has 3 aromatic rings. The molecule has 8 heteroatoms. The zero-order valence-corrected chi connectivity index (χ0v) is 20.8. The minimum absolute atomic E-state index is 0.0783. The van der Waals surface area contributed by atoms with E-state index in [2.05, 4.69) is 16.1 Å². The maximum Gasteiger partial charge on any atom is 0.265 e. The number of hydrogen-bond donors (Lipinski definition) is 2. The molecule has 0 aliphatic carbocycles. The lowest BCUT2D eigenvalue weighted by molar-refractivity contribution is -0.122. The monoisotopic (exact) mass is 482 g/mol. The molecule has 0 spiro atoms. The van der Waals surface area contributed by atoms with E-state index in [4.69, 9.17) is 9.47 Å². The summed E-state index contributed by atoms with van der Waals surface area (Å²) < 4.78 is 39.2. The number of amides is 1. The molecule has 0 saturated carbocycles. The van der Waals surface area contributed by atoms with Crippen molar-refractivity contribution >= 4 is 27.3 Å². The van der Waals surface area contributed by atoms with Crippen molar-refractivity contribution in [2.24, 2.45) is 0 Å². The van der Waals surface area contributed by atoms with Crippen molar-refractivity contribution in [1.82, 2.24) is 0 Å². The summed E-state index contributed by atoms with van der Waals surface area (Å²) in [6.45, 7) is 10.0.